The van der Waals surface area contributed by atoms with Crippen molar-refractivity contribution in [2.24, 2.45) is 0 Å². The first-order chi connectivity index (χ1) is 9.43. The van der Waals surface area contributed by atoms with E-state index in [0.29, 0.717) is 0 Å². The van der Waals surface area contributed by atoms with Gasteiger partial charge in [0.1, 0.15) is 0 Å². The van der Waals surface area contributed by atoms with Gasteiger partial charge in [0, 0.05) is 33.1 Å². The van der Waals surface area contributed by atoms with Crippen molar-refractivity contribution in [2.45, 2.75) is 18.2 Å². The van der Waals surface area contributed by atoms with E-state index in [0.717, 1.165) is 24.4 Å². The fraction of sp³-hybridized carbons (Fsp3) is 0.385. The molecule has 1 aromatic carbocycles. The van der Waals surface area contributed by atoms with Gasteiger partial charge in [0.25, 0.3) is 0 Å². The monoisotopic (exact) mass is 315 g/mol. The van der Waals surface area contributed by atoms with Gasteiger partial charge in [-0.25, -0.2) is 0 Å². The molecule has 20 heavy (non-hydrogen) atoms. The van der Waals surface area contributed by atoms with Crippen molar-refractivity contribution < 1.29 is 14.4 Å². The van der Waals surface area contributed by atoms with Crippen LogP contribution in [0, 0.1) is 0 Å². The first-order valence-corrected chi connectivity index (χ1v) is 7.87. The number of aromatic nitrogens is 1. The Hall–Kier alpha value is -0.910. The van der Waals surface area contributed by atoms with Gasteiger partial charge in [0.05, 0.1) is 0 Å². The lowest BCUT2D eigenvalue weighted by Crippen LogP contribution is -2.20. The fourth-order valence-corrected chi connectivity index (χ4v) is 2.05. The van der Waals surface area contributed by atoms with E-state index in [9.17, 15) is 0 Å². The number of likely N-dealkylation sites (N-methyl/N-ethyl adjacent to an activating group) is 1. The Labute approximate surface area is 125 Å². The quantitative estimate of drug-likeness (QED) is 0.517. The van der Waals surface area contributed by atoms with Gasteiger partial charge in [-0.05, 0) is 43.8 Å². The van der Waals surface area contributed by atoms with Gasteiger partial charge >= 0.3 is 8.25 Å². The van der Waals surface area contributed by atoms with Gasteiger partial charge in [-0.1, -0.05) is 6.92 Å². The lowest BCUT2D eigenvalue weighted by molar-refractivity contribution is 0.358. The maximum absolute atomic E-state index is 8.70. The number of thiol groups is 1. The molecule has 5 nitrogen and oxygen atoms in total. The second-order valence-corrected chi connectivity index (χ2v) is 5.46. The number of hydrogen-bond donors (Lipinski definition) is 4. The van der Waals surface area contributed by atoms with Crippen LogP contribution >= 0.6 is 20.9 Å². The maximum Gasteiger partial charge on any atom is 0.692 e. The molecule has 0 saturated heterocycles. The molecule has 1 heterocycles. The predicted octanol–water partition coefficient (Wildman–Crippen LogP) is 2.58. The first kappa shape index (κ1) is 17.1. The van der Waals surface area contributed by atoms with Crippen molar-refractivity contribution in [2.75, 3.05) is 20.1 Å². The summed E-state index contributed by atoms with van der Waals surface area (Å²) in [6.07, 6.45) is 3.20. The highest BCUT2D eigenvalue weighted by molar-refractivity contribution is 7.80. The zero-order valence-corrected chi connectivity index (χ0v) is 13.4. The Morgan fingerprint density at radius 1 is 1.40 bits per heavy atom. The van der Waals surface area contributed by atoms with E-state index in [1.807, 2.05) is 6.07 Å². The van der Waals surface area contributed by atoms with E-state index >= 15 is 0 Å². The van der Waals surface area contributed by atoms with Crippen molar-refractivity contribution in [3.05, 3.63) is 30.0 Å². The summed E-state index contributed by atoms with van der Waals surface area (Å²) in [4.78, 5) is 20.9. The molecule has 2 aromatic rings. The van der Waals surface area contributed by atoms with E-state index in [1.54, 1.807) is 0 Å². The summed E-state index contributed by atoms with van der Waals surface area (Å²) in [6.45, 7) is 4.38. The average Bonchev–Trinajstić information content (AvgIpc) is 2.77. The molecule has 0 radical (unpaired) electrons. The number of rotatable bonds is 4. The Morgan fingerprint density at radius 2 is 2.05 bits per heavy atom. The van der Waals surface area contributed by atoms with Crippen molar-refractivity contribution in [3.8, 4) is 0 Å². The zero-order chi connectivity index (χ0) is 15.1. The topological polar surface area (TPSA) is 76.6 Å². The molecule has 0 unspecified atom stereocenters. The molecule has 1 aromatic heterocycles. The molecule has 110 valence electrons. The minimum Gasteiger partial charge on any atom is -0.361 e. The SMILES string of the molecule is CCN(C)CCc1c[nH]c2ccc(S)cc12.O=[P+](O)O. The van der Waals surface area contributed by atoms with Crippen LogP contribution < -0.4 is 0 Å². The minimum atomic E-state index is -2.87. The van der Waals surface area contributed by atoms with Gasteiger partial charge in [-0.15, -0.1) is 22.4 Å². The van der Waals surface area contributed by atoms with Crippen LogP contribution in [0.5, 0.6) is 0 Å². The summed E-state index contributed by atoms with van der Waals surface area (Å²) in [5.41, 5.74) is 2.58. The van der Waals surface area contributed by atoms with Gasteiger partial charge in [-0.2, -0.15) is 0 Å². The summed E-state index contributed by atoms with van der Waals surface area (Å²) in [7, 11) is -0.719. The molecule has 3 N–H and O–H groups in total. The number of nitrogens with zero attached hydrogens (tertiary/aromatic N) is 1. The summed E-state index contributed by atoms with van der Waals surface area (Å²) in [5.74, 6) is 0. The zero-order valence-electron chi connectivity index (χ0n) is 11.6. The number of nitrogens with one attached hydrogen (secondary N) is 1. The van der Waals surface area contributed by atoms with Gasteiger partial charge in [0.2, 0.25) is 0 Å². The van der Waals surface area contributed by atoms with Crippen molar-refractivity contribution in [1.29, 1.82) is 0 Å². The largest absolute Gasteiger partial charge is 0.692 e. The highest BCUT2D eigenvalue weighted by Gasteiger charge is 2.04. The van der Waals surface area contributed by atoms with Gasteiger partial charge in [0.15, 0.2) is 0 Å². The fourth-order valence-electron chi connectivity index (χ4n) is 1.84. The molecule has 7 heteroatoms. The molecule has 0 aliphatic heterocycles. The summed E-state index contributed by atoms with van der Waals surface area (Å²) >= 11 is 4.39. The lowest BCUT2D eigenvalue weighted by atomic mass is 10.1. The third kappa shape index (κ3) is 5.61. The van der Waals surface area contributed by atoms with Gasteiger partial charge in [-0.3, -0.25) is 0 Å². The van der Waals surface area contributed by atoms with Crippen molar-refractivity contribution in [3.63, 3.8) is 0 Å². The Bertz CT molecular complexity index is 570. The van der Waals surface area contributed by atoms with E-state index in [-0.39, 0.29) is 0 Å². The van der Waals surface area contributed by atoms with Crippen molar-refractivity contribution in [1.82, 2.24) is 9.88 Å². The predicted molar refractivity (Wildman–Crippen MR) is 84.5 cm³/mol. The van der Waals surface area contributed by atoms with Gasteiger partial charge < -0.3 is 9.88 Å². The van der Waals surface area contributed by atoms with E-state index in [2.05, 4.69) is 54.8 Å². The maximum atomic E-state index is 8.70. The number of aromatic amines is 1. The lowest BCUT2D eigenvalue weighted by Gasteiger charge is -2.12. The second-order valence-electron chi connectivity index (χ2n) is 4.44. The molecule has 0 saturated carbocycles. The molecule has 0 spiro atoms. The Morgan fingerprint density at radius 3 is 2.65 bits per heavy atom. The molecule has 2 rings (SSSR count). The number of hydrogen-bond acceptors (Lipinski definition) is 3. The van der Waals surface area contributed by atoms with Crippen LogP contribution in [0.3, 0.4) is 0 Å². The third-order valence-electron chi connectivity index (χ3n) is 3.05. The number of H-pyrrole nitrogens is 1. The second kappa shape index (κ2) is 8.39. The molecule has 0 bridgehead atoms. The van der Waals surface area contributed by atoms with Crippen LogP contribution in [-0.2, 0) is 11.0 Å². The van der Waals surface area contributed by atoms with Crippen LogP contribution in [0.15, 0.2) is 29.3 Å². The molecular weight excluding hydrogens is 295 g/mol. The van der Waals surface area contributed by atoms with Crippen LogP contribution in [0.1, 0.15) is 12.5 Å². The molecule has 0 aliphatic carbocycles. The summed E-state index contributed by atoms with van der Waals surface area (Å²) in [5, 5.41) is 1.30. The van der Waals surface area contributed by atoms with E-state index in [4.69, 9.17) is 14.4 Å². The standard InChI is InChI=1S/C13H18N2S.HO3P/c1-3-15(2)7-6-10-9-14-13-5-4-11(16)8-12(10)13;1-4(2)3/h4-5,8-9,14,16H,3,6-7H2,1-2H3;(H-,1,2,3)/p+1. The smallest absolute Gasteiger partial charge is 0.361 e. The van der Waals surface area contributed by atoms with Crippen LogP contribution in [0.25, 0.3) is 10.9 Å². The Balaban J connectivity index is 0.000000444. The normalized spacial score (nSPS) is 10.5. The molecule has 0 atom stereocenters. The van der Waals surface area contributed by atoms with Crippen LogP contribution in [0.2, 0.25) is 0 Å². The number of fused-ring (bicyclic) bond motifs is 1. The molecular formula is C13H20N2O3PS+. The van der Waals surface area contributed by atoms with E-state index < -0.39 is 8.25 Å². The summed E-state index contributed by atoms with van der Waals surface area (Å²) < 4.78 is 8.70. The van der Waals surface area contributed by atoms with Crippen LogP contribution in [-0.4, -0.2) is 39.8 Å². The average molecular weight is 315 g/mol. The third-order valence-corrected chi connectivity index (χ3v) is 3.33. The molecule has 0 amide bonds. The van der Waals surface area contributed by atoms with Crippen molar-refractivity contribution >= 4 is 31.8 Å². The molecule has 0 fully saturated rings. The Kier molecular flexibility index (Phi) is 7.19. The first-order valence-electron chi connectivity index (χ1n) is 6.26. The van der Waals surface area contributed by atoms with Crippen LogP contribution in [0.4, 0.5) is 0 Å². The minimum absolute atomic E-state index is 1.03. The highest BCUT2D eigenvalue weighted by Crippen LogP contribution is 2.21. The van der Waals surface area contributed by atoms with E-state index in [1.165, 1.54) is 16.5 Å². The molecule has 0 aliphatic rings. The highest BCUT2D eigenvalue weighted by atomic mass is 32.1. The summed E-state index contributed by atoms with van der Waals surface area (Å²) in [6, 6.07) is 6.24. The number of benzene rings is 1.